The molecule has 3 aromatic rings. The van der Waals surface area contributed by atoms with Gasteiger partial charge < -0.3 is 20.3 Å². The predicted molar refractivity (Wildman–Crippen MR) is 186 cm³/mol. The number of hydrogen-bond acceptors (Lipinski definition) is 10. The van der Waals surface area contributed by atoms with Crippen LogP contribution in [0, 0.1) is 24.5 Å². The predicted octanol–water partition coefficient (Wildman–Crippen LogP) is 2.76. The average molecular weight is 752 g/mol. The van der Waals surface area contributed by atoms with Crippen molar-refractivity contribution in [1.82, 2.24) is 35.2 Å². The maximum absolute atomic E-state index is 14.5. The fraction of sp³-hybridized carbons (Fsp3) is 0.472. The highest BCUT2D eigenvalue weighted by molar-refractivity contribution is 7.91. The van der Waals surface area contributed by atoms with E-state index in [0.29, 0.717) is 43.3 Å². The molecule has 2 aromatic heterocycles. The van der Waals surface area contributed by atoms with Crippen molar-refractivity contribution in [2.45, 2.75) is 93.7 Å². The molecular weight excluding hydrogens is 713 g/mol. The number of halogens is 2. The number of aromatic nitrogens is 3. The van der Waals surface area contributed by atoms with Gasteiger partial charge in [-0.15, -0.1) is 0 Å². The Morgan fingerprint density at radius 2 is 1.87 bits per heavy atom. The molecule has 3 fully saturated rings. The third kappa shape index (κ3) is 7.70. The molecule has 2 aliphatic heterocycles. The van der Waals surface area contributed by atoms with Crippen LogP contribution >= 0.6 is 0 Å². The highest BCUT2D eigenvalue weighted by atomic mass is 32.2. The van der Waals surface area contributed by atoms with Crippen LogP contribution in [0.1, 0.15) is 73.8 Å². The Morgan fingerprint density at radius 3 is 2.64 bits per heavy atom. The number of benzene rings is 1. The van der Waals surface area contributed by atoms with Gasteiger partial charge in [-0.25, -0.2) is 27.2 Å². The molecular formula is C36H39F2N7O7S. The quantitative estimate of drug-likeness (QED) is 0.303. The van der Waals surface area contributed by atoms with Gasteiger partial charge in [0.15, 0.2) is 5.82 Å². The van der Waals surface area contributed by atoms with Gasteiger partial charge in [0, 0.05) is 24.6 Å². The number of nitrogens with one attached hydrogen (secondary N) is 3. The maximum Gasteiger partial charge on any atom is 0.259 e. The van der Waals surface area contributed by atoms with Crippen molar-refractivity contribution in [3.63, 3.8) is 0 Å². The summed E-state index contributed by atoms with van der Waals surface area (Å²) in [5.74, 6) is -4.84. The van der Waals surface area contributed by atoms with E-state index in [4.69, 9.17) is 4.74 Å². The van der Waals surface area contributed by atoms with Crippen molar-refractivity contribution in [1.29, 1.82) is 0 Å². The van der Waals surface area contributed by atoms with Crippen LogP contribution in [0.4, 0.5) is 8.78 Å². The Kier molecular flexibility index (Phi) is 9.86. The number of rotatable bonds is 7. The molecule has 4 aliphatic rings. The van der Waals surface area contributed by atoms with Crippen molar-refractivity contribution in [2.24, 2.45) is 5.92 Å². The van der Waals surface area contributed by atoms with Gasteiger partial charge in [0.05, 0.1) is 34.6 Å². The van der Waals surface area contributed by atoms with Gasteiger partial charge in [0.2, 0.25) is 27.7 Å². The smallest absolute Gasteiger partial charge is 0.259 e. The van der Waals surface area contributed by atoms with Gasteiger partial charge in [-0.05, 0) is 63.6 Å². The summed E-state index contributed by atoms with van der Waals surface area (Å²) >= 11 is 0. The van der Waals surface area contributed by atoms with Crippen LogP contribution in [0.25, 0.3) is 11.0 Å². The lowest BCUT2D eigenvalue weighted by Gasteiger charge is -2.30. The molecule has 0 spiro atoms. The molecule has 2 saturated carbocycles. The molecule has 5 atom stereocenters. The van der Waals surface area contributed by atoms with E-state index in [1.807, 2.05) is 12.2 Å². The van der Waals surface area contributed by atoms with Crippen LogP contribution in [-0.4, -0.2) is 87.4 Å². The second kappa shape index (κ2) is 14.4. The minimum absolute atomic E-state index is 0.0650. The minimum atomic E-state index is -3.93. The zero-order valence-electron chi connectivity index (χ0n) is 28.9. The first-order chi connectivity index (χ1) is 25.3. The Morgan fingerprint density at radius 1 is 1.06 bits per heavy atom. The summed E-state index contributed by atoms with van der Waals surface area (Å²) in [6.45, 7) is 1.51. The largest absolute Gasteiger partial charge is 0.471 e. The number of carbonyl (C=O) groups is 4. The zero-order valence-corrected chi connectivity index (χ0v) is 29.7. The first-order valence-electron chi connectivity index (χ1n) is 17.7. The fourth-order valence-corrected chi connectivity index (χ4v) is 8.38. The molecule has 5 unspecified atom stereocenters. The van der Waals surface area contributed by atoms with E-state index in [9.17, 15) is 36.4 Å². The number of allylic oxidation sites excluding steroid dienone is 1. The lowest BCUT2D eigenvalue weighted by molar-refractivity contribution is -0.141. The topological polar surface area (TPSA) is 190 Å². The standard InChI is InChI=1S/C36H39F2N7O7S/c1-20-33(42-29-15-22(37)9-12-27(29)40-20)52-23-16-30-32(47)43-36(35(49)44-53(50,51)24-10-11-24)17-21(36)7-5-3-2-4-6-8-28(34(48)45(30)19-23)41-31(46)25-13-14-39-18-26(25)38/h5,7,9,12-15,18,21,23-24,28,30H,2-4,6,8,10-11,16-17,19H2,1H3,(H,41,46)(H,43,47)(H,44,49)/b7-5-. The lowest BCUT2D eigenvalue weighted by Crippen LogP contribution is -2.58. The summed E-state index contributed by atoms with van der Waals surface area (Å²) in [7, 11) is -3.93. The van der Waals surface area contributed by atoms with Gasteiger partial charge in [0.25, 0.3) is 11.8 Å². The van der Waals surface area contributed by atoms with Crippen LogP contribution in [0.2, 0.25) is 0 Å². The molecule has 1 aromatic carbocycles. The van der Waals surface area contributed by atoms with Crippen molar-refractivity contribution in [2.75, 3.05) is 6.54 Å². The summed E-state index contributed by atoms with van der Waals surface area (Å²) in [4.78, 5) is 69.5. The van der Waals surface area contributed by atoms with Crippen molar-refractivity contribution in [3.05, 3.63) is 71.7 Å². The SMILES string of the molecule is Cc1nc2ccc(F)cc2nc1OC1CC2C(=O)NC3(C(=O)NS(=O)(=O)C4CC4)CC3/C=C\CCCCCC(NC(=O)c3ccncc3F)C(=O)N2C1. The number of sulfonamides is 1. The molecule has 0 bridgehead atoms. The molecule has 4 amide bonds. The second-order valence-electron chi connectivity index (χ2n) is 14.1. The number of hydrogen-bond donors (Lipinski definition) is 3. The molecule has 0 radical (unpaired) electrons. The van der Waals surface area contributed by atoms with Crippen LogP contribution in [-0.2, 0) is 24.4 Å². The molecule has 1 saturated heterocycles. The molecule has 2 aliphatic carbocycles. The second-order valence-corrected chi connectivity index (χ2v) is 16.1. The normalized spacial score (nSPS) is 27.0. The first kappa shape index (κ1) is 36.3. The zero-order chi connectivity index (χ0) is 37.5. The van der Waals surface area contributed by atoms with Crippen LogP contribution in [0.5, 0.6) is 5.88 Å². The lowest BCUT2D eigenvalue weighted by atomic mass is 10.0. The van der Waals surface area contributed by atoms with Gasteiger partial charge in [-0.3, -0.25) is 28.9 Å². The highest BCUT2D eigenvalue weighted by Gasteiger charge is 2.62. The average Bonchev–Trinajstić information content (AvgIpc) is 4.04. The summed E-state index contributed by atoms with van der Waals surface area (Å²) < 4.78 is 62.5. The first-order valence-corrected chi connectivity index (χ1v) is 19.3. The van der Waals surface area contributed by atoms with Crippen LogP contribution in [0.3, 0.4) is 0 Å². The van der Waals surface area contributed by atoms with E-state index < -0.39 is 80.2 Å². The maximum atomic E-state index is 14.5. The number of pyridine rings is 1. The van der Waals surface area contributed by atoms with E-state index in [0.717, 1.165) is 12.6 Å². The van der Waals surface area contributed by atoms with Gasteiger partial charge in [-0.1, -0.05) is 25.0 Å². The summed E-state index contributed by atoms with van der Waals surface area (Å²) in [5, 5.41) is 4.79. The summed E-state index contributed by atoms with van der Waals surface area (Å²) in [6, 6.07) is 2.76. The molecule has 4 heterocycles. The number of carbonyl (C=O) groups excluding carboxylic acids is 4. The molecule has 3 N–H and O–H groups in total. The Hall–Kier alpha value is -5.06. The molecule has 14 nitrogen and oxygen atoms in total. The van der Waals surface area contributed by atoms with E-state index in [2.05, 4.69) is 30.3 Å². The summed E-state index contributed by atoms with van der Waals surface area (Å²) in [5.41, 5.74) is -0.814. The molecule has 7 rings (SSSR count). The van der Waals surface area contributed by atoms with Crippen molar-refractivity contribution >= 4 is 44.7 Å². The van der Waals surface area contributed by atoms with Gasteiger partial charge in [0.1, 0.15) is 35.2 Å². The molecule has 17 heteroatoms. The molecule has 53 heavy (non-hydrogen) atoms. The van der Waals surface area contributed by atoms with Crippen molar-refractivity contribution in [3.8, 4) is 5.88 Å². The highest BCUT2D eigenvalue weighted by Crippen LogP contribution is 2.46. The third-order valence-electron chi connectivity index (χ3n) is 10.2. The monoisotopic (exact) mass is 751 g/mol. The third-order valence-corrected chi connectivity index (χ3v) is 12.0. The number of nitrogens with zero attached hydrogens (tertiary/aromatic N) is 4. The van der Waals surface area contributed by atoms with E-state index in [-0.39, 0.29) is 42.8 Å². The van der Waals surface area contributed by atoms with Crippen LogP contribution in [0.15, 0.2) is 48.8 Å². The summed E-state index contributed by atoms with van der Waals surface area (Å²) in [6.07, 6.45) is 8.70. The Balaban J connectivity index is 1.20. The van der Waals surface area contributed by atoms with Gasteiger partial charge >= 0.3 is 0 Å². The van der Waals surface area contributed by atoms with E-state index in [1.165, 1.54) is 35.4 Å². The Labute approximate surface area is 304 Å². The van der Waals surface area contributed by atoms with Crippen LogP contribution < -0.4 is 20.1 Å². The molecule has 280 valence electrons. The van der Waals surface area contributed by atoms with Gasteiger partial charge in [-0.2, -0.15) is 0 Å². The number of amides is 4. The number of fused-ring (bicyclic) bond motifs is 3. The Bertz CT molecular complexity index is 2110. The number of ether oxygens (including phenoxy) is 1. The minimum Gasteiger partial charge on any atom is -0.471 e. The number of aryl methyl sites for hydroxylation is 1. The van der Waals surface area contributed by atoms with E-state index >= 15 is 0 Å². The van der Waals surface area contributed by atoms with E-state index in [1.54, 1.807) is 6.92 Å². The van der Waals surface area contributed by atoms with Crippen molar-refractivity contribution < 1.29 is 41.1 Å². The fourth-order valence-electron chi connectivity index (χ4n) is 7.01.